The molecule has 3 aliphatic heterocycles. The molecule has 0 unspecified atom stereocenters. The van der Waals surface area contributed by atoms with Crippen molar-refractivity contribution < 1.29 is 76.5 Å². The van der Waals surface area contributed by atoms with Crippen LogP contribution in [0.15, 0.2) is 108 Å². The summed E-state index contributed by atoms with van der Waals surface area (Å²) in [6, 6.07) is 19.9. The molecule has 0 radical (unpaired) electrons. The Labute approximate surface area is 544 Å². The van der Waals surface area contributed by atoms with Gasteiger partial charge < -0.3 is 57.4 Å². The van der Waals surface area contributed by atoms with Gasteiger partial charge in [-0.2, -0.15) is 0 Å². The lowest BCUT2D eigenvalue weighted by molar-refractivity contribution is -0.265. The Morgan fingerprint density at radius 2 is 1.37 bits per heavy atom. The summed E-state index contributed by atoms with van der Waals surface area (Å²) in [5, 5.41) is 26.1. The minimum absolute atomic E-state index is 0.00508. The molecule has 2 bridgehead atoms. The lowest BCUT2D eigenvalue weighted by atomic mass is 9.78. The van der Waals surface area contributed by atoms with E-state index in [1.807, 2.05) is 70.2 Å². The number of carbonyl (C=O) groups excluding carboxylic acids is 5. The number of esters is 1. The maximum atomic E-state index is 14.7. The van der Waals surface area contributed by atoms with E-state index < -0.39 is 86.1 Å². The molecule has 0 aromatic heterocycles. The number of hydrogen-bond acceptors (Lipinski definition) is 16. The van der Waals surface area contributed by atoms with Crippen molar-refractivity contribution in [2.75, 3.05) is 67.5 Å². The number of nitrogens with zero attached hydrogens (tertiary/aromatic N) is 1. The van der Waals surface area contributed by atoms with Gasteiger partial charge >= 0.3 is 5.97 Å². The molecular weight excluding hydrogens is 1170 g/mol. The highest BCUT2D eigenvalue weighted by molar-refractivity contribution is 6.99. The van der Waals surface area contributed by atoms with Gasteiger partial charge in [0.1, 0.15) is 30.1 Å². The monoisotopic (exact) mass is 1280 g/mol. The summed E-state index contributed by atoms with van der Waals surface area (Å²) in [5.41, 5.74) is 1.26. The van der Waals surface area contributed by atoms with Crippen LogP contribution in [0.3, 0.4) is 0 Å². The van der Waals surface area contributed by atoms with E-state index in [9.17, 15) is 34.2 Å². The van der Waals surface area contributed by atoms with E-state index in [-0.39, 0.29) is 66.0 Å². The Morgan fingerprint density at radius 3 is 2.00 bits per heavy atom. The fourth-order valence-electron chi connectivity index (χ4n) is 13.9. The number of benzene rings is 2. The van der Waals surface area contributed by atoms with Crippen molar-refractivity contribution in [1.82, 2.24) is 4.90 Å². The number of amides is 1. The second-order valence-corrected chi connectivity index (χ2v) is 31.5. The number of aliphatic hydroxyl groups is 2. The number of Topliss-reactive ketones (excluding diaryl/α,β-unsaturated/α-hetero) is 3. The molecule has 91 heavy (non-hydrogen) atoms. The average Bonchev–Trinajstić information content (AvgIpc) is 0.873. The predicted octanol–water partition coefficient (Wildman–Crippen LogP) is 9.81. The van der Waals surface area contributed by atoms with Gasteiger partial charge in [0.05, 0.1) is 64.1 Å². The molecule has 1 saturated carbocycles. The highest BCUT2D eigenvalue weighted by Crippen LogP contribution is 2.40. The van der Waals surface area contributed by atoms with Crippen molar-refractivity contribution >= 4 is 47.9 Å². The lowest BCUT2D eigenvalue weighted by Crippen LogP contribution is -2.66. The highest BCUT2D eigenvalue weighted by atomic mass is 28.4. The normalized spacial score (nSPS) is 32.6. The van der Waals surface area contributed by atoms with E-state index in [0.717, 1.165) is 12.0 Å². The minimum Gasteiger partial charge on any atom is -0.460 e. The van der Waals surface area contributed by atoms with Crippen molar-refractivity contribution in [2.45, 2.75) is 206 Å². The number of ketones is 3. The Morgan fingerprint density at radius 1 is 0.725 bits per heavy atom. The van der Waals surface area contributed by atoms with Gasteiger partial charge in [0.25, 0.3) is 20.0 Å². The molecule has 15 atom stereocenters. The van der Waals surface area contributed by atoms with Gasteiger partial charge in [-0.3, -0.25) is 19.2 Å². The van der Waals surface area contributed by atoms with Gasteiger partial charge in [-0.05, 0) is 122 Å². The average molecular weight is 1280 g/mol. The number of aliphatic hydroxyl groups excluding tert-OH is 1. The van der Waals surface area contributed by atoms with Crippen molar-refractivity contribution in [3.05, 3.63) is 108 Å². The number of cyclic esters (lactones) is 1. The zero-order chi connectivity index (χ0) is 66.5. The molecule has 3 fully saturated rings. The highest BCUT2D eigenvalue weighted by Gasteiger charge is 2.54. The number of hydrogen-bond donors (Lipinski definition) is 2. The number of ether oxygens (including phenoxy) is 8. The van der Waals surface area contributed by atoms with Gasteiger partial charge in [-0.15, -0.1) is 0 Å². The standard InChI is InChI=1S/C73H109NO16Si/c1-49-25-17-14-18-26-50(2)63(82-11)47-57-34-32-55(7)73(81,90-57)69(78)70(79)74-36-24-23-31-60(74)71(80)89-64(48-61(75)51(3)44-54(6)67(77)68(84-13)66(76)53(5)43-49)52(4)45-56-33-35-62(65(46-56)83-12)87-41-39-85-37-38-86-40-42-88-91(72(8,9)10,58-27-19-15-20-28-58)59-29-21-16-22-30-59/h14-22,25-30,44,49,51-53,55-57,60,62-65,67-68,77,81H,23-24,31-43,45-48H2,1-13H3/b18-14+,25-17+,50-26+,54-44+/t49-,51-,52-,53-,55-,56+,57+,60+,62-,63+,64+,65-,67-,68+,73-/m1/s1. The molecule has 2 N–H and O–H groups in total. The van der Waals surface area contributed by atoms with Crippen LogP contribution in [0.1, 0.15) is 146 Å². The van der Waals surface area contributed by atoms with Crippen LogP contribution >= 0.6 is 0 Å². The Balaban J connectivity index is 1.11. The number of methoxy groups -OCH3 is 3. The quantitative estimate of drug-likeness (QED) is 0.0440. The van der Waals surface area contributed by atoms with Crippen LogP contribution in [0.2, 0.25) is 5.04 Å². The summed E-state index contributed by atoms with van der Waals surface area (Å²) in [6.07, 6.45) is 11.9. The molecule has 0 spiro atoms. The van der Waals surface area contributed by atoms with Crippen LogP contribution in [0.4, 0.5) is 0 Å². The van der Waals surface area contributed by atoms with Crippen LogP contribution in [0.5, 0.6) is 0 Å². The van der Waals surface area contributed by atoms with Gasteiger partial charge in [-0.1, -0.05) is 153 Å². The van der Waals surface area contributed by atoms with Crippen LogP contribution < -0.4 is 10.4 Å². The molecule has 1 amide bonds. The number of carbonyl (C=O) groups is 5. The molecule has 2 aromatic carbocycles. The molecule has 18 heteroatoms. The van der Waals surface area contributed by atoms with E-state index >= 15 is 0 Å². The van der Waals surface area contributed by atoms with Crippen LogP contribution in [0, 0.1) is 35.5 Å². The molecule has 3 heterocycles. The van der Waals surface area contributed by atoms with Crippen molar-refractivity contribution in [2.24, 2.45) is 35.5 Å². The molecule has 17 nitrogen and oxygen atoms in total. The summed E-state index contributed by atoms with van der Waals surface area (Å²) in [4.78, 5) is 73.3. The summed E-state index contributed by atoms with van der Waals surface area (Å²) in [5.74, 6) is -8.08. The first-order chi connectivity index (χ1) is 43.4. The van der Waals surface area contributed by atoms with E-state index in [1.165, 1.54) is 22.4 Å². The number of allylic oxidation sites excluding steroid dienone is 6. The van der Waals surface area contributed by atoms with E-state index in [2.05, 4.69) is 69.3 Å². The van der Waals surface area contributed by atoms with Crippen molar-refractivity contribution in [1.29, 1.82) is 0 Å². The van der Waals surface area contributed by atoms with Crippen LogP contribution in [0.25, 0.3) is 0 Å². The van der Waals surface area contributed by atoms with E-state index in [1.54, 1.807) is 41.1 Å². The second-order valence-electron chi connectivity index (χ2n) is 27.2. The Bertz CT molecular complexity index is 2710. The minimum atomic E-state index is -2.67. The molecule has 506 valence electrons. The first-order valence-corrected chi connectivity index (χ1v) is 35.3. The summed E-state index contributed by atoms with van der Waals surface area (Å²) in [7, 11) is 1.98. The largest absolute Gasteiger partial charge is 0.460 e. The molecule has 1 aliphatic carbocycles. The molecule has 2 aromatic rings. The Kier molecular flexibility index (Phi) is 29.9. The SMILES string of the molecule is CO[C@H]1C[C@@H]2CC[C@@H](C)[C@@](O)(O2)C(=O)C(=O)N2CCCC[C@H]2C(=O)O[C@H]([C@H](C)C[C@@H]2CC[C@@H](OCCOCCOCCO[Si](c3ccccc3)(c3ccccc3)C(C)(C)C)[C@H](OC)C2)CC(=O)[C@H](C)/C=C(\C)[C@@H](O)[C@@H](OC)C(=O)[C@H](C)C[C@H](C)/C=C/C=C/C=C/1C. The van der Waals surface area contributed by atoms with Crippen molar-refractivity contribution in [3.8, 4) is 0 Å². The van der Waals surface area contributed by atoms with E-state index in [0.29, 0.717) is 103 Å². The van der Waals surface area contributed by atoms with Gasteiger partial charge in [0.2, 0.25) is 5.79 Å². The van der Waals surface area contributed by atoms with Crippen LogP contribution in [-0.2, 0) is 66.3 Å². The smallest absolute Gasteiger partial charge is 0.329 e. The summed E-state index contributed by atoms with van der Waals surface area (Å²) < 4.78 is 55.5. The Hall–Kier alpha value is -4.83. The first kappa shape index (κ1) is 75.2. The lowest BCUT2D eigenvalue weighted by Gasteiger charge is -2.43. The van der Waals surface area contributed by atoms with Gasteiger partial charge in [0.15, 0.2) is 5.78 Å². The zero-order valence-electron chi connectivity index (χ0n) is 56.8. The fraction of sp³-hybridized carbons (Fsp3) is 0.658. The van der Waals surface area contributed by atoms with Gasteiger partial charge in [-0.25, -0.2) is 4.79 Å². The fourth-order valence-corrected chi connectivity index (χ4v) is 18.4. The summed E-state index contributed by atoms with van der Waals surface area (Å²) >= 11 is 0. The number of rotatable bonds is 19. The number of piperidine rings is 1. The van der Waals surface area contributed by atoms with Gasteiger partial charge in [0, 0.05) is 58.5 Å². The van der Waals surface area contributed by atoms with E-state index in [4.69, 9.17) is 42.3 Å². The third kappa shape index (κ3) is 20.3. The van der Waals surface area contributed by atoms with Crippen molar-refractivity contribution in [3.63, 3.8) is 0 Å². The van der Waals surface area contributed by atoms with Crippen LogP contribution in [-0.4, -0.2) is 175 Å². The molecule has 2 saturated heterocycles. The molecule has 6 rings (SSSR count). The first-order valence-electron chi connectivity index (χ1n) is 33.4. The number of fused-ring (bicyclic) bond motifs is 3. The molecular formula is C73H109NO16Si. The third-order valence-electron chi connectivity index (χ3n) is 19.3. The zero-order valence-corrected chi connectivity index (χ0v) is 57.8. The maximum absolute atomic E-state index is 14.7. The topological polar surface area (TPSA) is 212 Å². The maximum Gasteiger partial charge on any atom is 0.329 e. The second kappa shape index (κ2) is 36.2. The third-order valence-corrected chi connectivity index (χ3v) is 24.4. The summed E-state index contributed by atoms with van der Waals surface area (Å²) in [6.45, 7) is 22.0. The molecule has 4 aliphatic rings. The predicted molar refractivity (Wildman–Crippen MR) is 354 cm³/mol.